The van der Waals surface area contributed by atoms with E-state index in [1.165, 1.54) is 0 Å². The van der Waals surface area contributed by atoms with Crippen molar-refractivity contribution in [1.29, 1.82) is 0 Å². The molecule has 0 aromatic rings. The highest BCUT2D eigenvalue weighted by Crippen LogP contribution is 2.27. The van der Waals surface area contributed by atoms with E-state index >= 15 is 0 Å². The van der Waals surface area contributed by atoms with Crippen LogP contribution in [0.25, 0.3) is 0 Å². The molecule has 70 valence electrons. The number of rotatable bonds is 3. The molecule has 2 N–H and O–H groups in total. The van der Waals surface area contributed by atoms with Crippen LogP contribution in [-0.4, -0.2) is 32.8 Å². The summed E-state index contributed by atoms with van der Waals surface area (Å²) in [4.78, 5) is 0. The zero-order valence-corrected chi connectivity index (χ0v) is 7.73. The van der Waals surface area contributed by atoms with Gasteiger partial charge >= 0.3 is 0 Å². The van der Waals surface area contributed by atoms with E-state index in [4.69, 9.17) is 0 Å². The molecule has 5 heteroatoms. The Labute approximate surface area is 72.8 Å². The second kappa shape index (κ2) is 2.97. The average Bonchev–Trinajstić information content (AvgIpc) is 2.74. The van der Waals surface area contributed by atoms with Gasteiger partial charge < -0.3 is 5.32 Å². The Morgan fingerprint density at radius 1 is 1.25 bits per heavy atom. The van der Waals surface area contributed by atoms with Gasteiger partial charge in [-0.15, -0.1) is 0 Å². The van der Waals surface area contributed by atoms with Crippen molar-refractivity contribution in [3.8, 4) is 0 Å². The SMILES string of the molecule is O=S(=O)(N[C@H]1CCNC1)C1CC1. The summed E-state index contributed by atoms with van der Waals surface area (Å²) < 4.78 is 25.5. The highest BCUT2D eigenvalue weighted by molar-refractivity contribution is 7.90. The van der Waals surface area contributed by atoms with E-state index in [0.29, 0.717) is 0 Å². The first-order valence-electron chi connectivity index (χ1n) is 4.40. The van der Waals surface area contributed by atoms with Crippen LogP contribution in [0.1, 0.15) is 19.3 Å². The fraction of sp³-hybridized carbons (Fsp3) is 1.00. The largest absolute Gasteiger partial charge is 0.315 e. The molecular weight excluding hydrogens is 176 g/mol. The molecule has 0 aromatic carbocycles. The molecule has 1 aliphatic carbocycles. The van der Waals surface area contributed by atoms with Crippen LogP contribution < -0.4 is 10.0 Å². The summed E-state index contributed by atoms with van der Waals surface area (Å²) in [6, 6.07) is 0.135. The van der Waals surface area contributed by atoms with Crippen molar-refractivity contribution in [2.24, 2.45) is 0 Å². The topological polar surface area (TPSA) is 58.2 Å². The monoisotopic (exact) mass is 190 g/mol. The van der Waals surface area contributed by atoms with Crippen molar-refractivity contribution >= 4 is 10.0 Å². The first-order valence-corrected chi connectivity index (χ1v) is 5.95. The van der Waals surface area contributed by atoms with Crippen molar-refractivity contribution in [3.05, 3.63) is 0 Å². The van der Waals surface area contributed by atoms with Gasteiger partial charge in [0.05, 0.1) is 5.25 Å². The van der Waals surface area contributed by atoms with E-state index in [0.717, 1.165) is 32.4 Å². The van der Waals surface area contributed by atoms with Crippen LogP contribution in [0, 0.1) is 0 Å². The second-order valence-electron chi connectivity index (χ2n) is 3.55. The fourth-order valence-electron chi connectivity index (χ4n) is 1.46. The lowest BCUT2D eigenvalue weighted by Gasteiger charge is -2.10. The van der Waals surface area contributed by atoms with Crippen LogP contribution in [-0.2, 0) is 10.0 Å². The maximum Gasteiger partial charge on any atom is 0.214 e. The van der Waals surface area contributed by atoms with E-state index in [2.05, 4.69) is 10.0 Å². The summed E-state index contributed by atoms with van der Waals surface area (Å²) in [5.41, 5.74) is 0. The van der Waals surface area contributed by atoms with Gasteiger partial charge in [-0.05, 0) is 25.8 Å². The predicted octanol–water partition coefficient (Wildman–Crippen LogP) is -0.570. The Balaban J connectivity index is 1.92. The van der Waals surface area contributed by atoms with Crippen molar-refractivity contribution in [2.45, 2.75) is 30.6 Å². The first-order chi connectivity index (χ1) is 5.68. The van der Waals surface area contributed by atoms with Crippen molar-refractivity contribution in [1.82, 2.24) is 10.0 Å². The molecule has 0 spiro atoms. The van der Waals surface area contributed by atoms with Gasteiger partial charge in [-0.3, -0.25) is 0 Å². The summed E-state index contributed by atoms with van der Waals surface area (Å²) in [5, 5.41) is 3.04. The van der Waals surface area contributed by atoms with Crippen molar-refractivity contribution in [3.63, 3.8) is 0 Å². The van der Waals surface area contributed by atoms with Gasteiger partial charge in [-0.25, -0.2) is 13.1 Å². The second-order valence-corrected chi connectivity index (χ2v) is 5.54. The fourth-order valence-corrected chi connectivity index (χ4v) is 3.08. The summed E-state index contributed by atoms with van der Waals surface area (Å²) in [6.45, 7) is 1.71. The molecule has 1 heterocycles. The Kier molecular flexibility index (Phi) is 2.10. The van der Waals surface area contributed by atoms with E-state index in [1.807, 2.05) is 0 Å². The molecule has 2 aliphatic rings. The molecule has 1 saturated carbocycles. The highest BCUT2D eigenvalue weighted by Gasteiger charge is 2.37. The van der Waals surface area contributed by atoms with Gasteiger partial charge in [0.1, 0.15) is 0 Å². The average molecular weight is 190 g/mol. The van der Waals surface area contributed by atoms with Gasteiger partial charge in [0, 0.05) is 12.6 Å². The minimum absolute atomic E-state index is 0.0851. The minimum atomic E-state index is -2.96. The number of sulfonamides is 1. The van der Waals surface area contributed by atoms with E-state index in [-0.39, 0.29) is 11.3 Å². The lowest BCUT2D eigenvalue weighted by molar-refractivity contribution is 0.559. The molecule has 1 atom stereocenters. The number of hydrogen-bond donors (Lipinski definition) is 2. The molecule has 0 unspecified atom stereocenters. The van der Waals surface area contributed by atoms with Crippen LogP contribution in [0.15, 0.2) is 0 Å². The number of hydrogen-bond acceptors (Lipinski definition) is 3. The third-order valence-electron chi connectivity index (χ3n) is 2.35. The predicted molar refractivity (Wildman–Crippen MR) is 46.4 cm³/mol. The number of nitrogens with one attached hydrogen (secondary N) is 2. The van der Waals surface area contributed by atoms with Crippen LogP contribution in [0.3, 0.4) is 0 Å². The molecule has 0 aromatic heterocycles. The van der Waals surface area contributed by atoms with Gasteiger partial charge in [-0.2, -0.15) is 0 Å². The Morgan fingerprint density at radius 3 is 2.50 bits per heavy atom. The molecule has 1 saturated heterocycles. The first kappa shape index (κ1) is 8.47. The third-order valence-corrected chi connectivity index (χ3v) is 4.37. The molecule has 0 bridgehead atoms. The maximum atomic E-state index is 11.4. The molecule has 4 nitrogen and oxygen atoms in total. The van der Waals surface area contributed by atoms with Crippen LogP contribution >= 0.6 is 0 Å². The van der Waals surface area contributed by atoms with Gasteiger partial charge in [0.15, 0.2) is 0 Å². The smallest absolute Gasteiger partial charge is 0.214 e. The molecule has 1 aliphatic heterocycles. The van der Waals surface area contributed by atoms with Gasteiger partial charge in [0.25, 0.3) is 0 Å². The Morgan fingerprint density at radius 2 is 2.00 bits per heavy atom. The highest BCUT2D eigenvalue weighted by atomic mass is 32.2. The van der Waals surface area contributed by atoms with E-state index in [9.17, 15) is 8.42 Å². The summed E-state index contributed by atoms with van der Waals surface area (Å²) >= 11 is 0. The van der Waals surface area contributed by atoms with Gasteiger partial charge in [0.2, 0.25) is 10.0 Å². The molecule has 0 amide bonds. The normalized spacial score (nSPS) is 30.8. The summed E-state index contributed by atoms with van der Waals surface area (Å²) in [7, 11) is -2.96. The maximum absolute atomic E-state index is 11.4. The lowest BCUT2D eigenvalue weighted by Crippen LogP contribution is -2.38. The van der Waals surface area contributed by atoms with E-state index in [1.54, 1.807) is 0 Å². The zero-order chi connectivity index (χ0) is 8.60. The quantitative estimate of drug-likeness (QED) is 0.626. The molecule has 2 rings (SSSR count). The summed E-state index contributed by atoms with van der Waals surface area (Å²) in [5.74, 6) is 0. The van der Waals surface area contributed by atoms with Crippen LogP contribution in [0.5, 0.6) is 0 Å². The molecular formula is C7H14N2O2S. The Hall–Kier alpha value is -0.130. The van der Waals surface area contributed by atoms with Gasteiger partial charge in [-0.1, -0.05) is 0 Å². The van der Waals surface area contributed by atoms with E-state index < -0.39 is 10.0 Å². The summed E-state index contributed by atoms with van der Waals surface area (Å²) in [6.07, 6.45) is 2.61. The zero-order valence-electron chi connectivity index (χ0n) is 6.91. The third kappa shape index (κ3) is 1.78. The van der Waals surface area contributed by atoms with Crippen molar-refractivity contribution < 1.29 is 8.42 Å². The minimum Gasteiger partial charge on any atom is -0.315 e. The molecule has 2 fully saturated rings. The van der Waals surface area contributed by atoms with Crippen LogP contribution in [0.4, 0.5) is 0 Å². The molecule has 12 heavy (non-hydrogen) atoms. The van der Waals surface area contributed by atoms with Crippen molar-refractivity contribution in [2.75, 3.05) is 13.1 Å². The van der Waals surface area contributed by atoms with Crippen LogP contribution in [0.2, 0.25) is 0 Å². The molecule has 0 radical (unpaired) electrons. The lowest BCUT2D eigenvalue weighted by atomic mass is 10.3. The standard InChI is InChI=1S/C7H14N2O2S/c10-12(11,7-1-2-7)9-6-3-4-8-5-6/h6-9H,1-5H2/t6-/m0/s1. The Bertz CT molecular complexity index is 253.